The lowest BCUT2D eigenvalue weighted by Crippen LogP contribution is -2.13. The van der Waals surface area contributed by atoms with Crippen LogP contribution in [0, 0.1) is 0 Å². The van der Waals surface area contributed by atoms with Gasteiger partial charge in [0.1, 0.15) is 0 Å². The SMILES string of the molecule is CN(C)Cc1cncc(-c2ccc3[nH]nc(C(=O)Nc4cncc(Cc5ccccc5)c4)c3c2)c1. The molecule has 7 heteroatoms. The van der Waals surface area contributed by atoms with Gasteiger partial charge in [-0.15, -0.1) is 0 Å². The molecule has 0 bridgehead atoms. The summed E-state index contributed by atoms with van der Waals surface area (Å²) in [4.78, 5) is 23.9. The first-order valence-electron chi connectivity index (χ1n) is 11.4. The van der Waals surface area contributed by atoms with Gasteiger partial charge in [-0.1, -0.05) is 36.4 Å². The fraction of sp³-hybridized carbons (Fsp3) is 0.143. The summed E-state index contributed by atoms with van der Waals surface area (Å²) in [6.45, 7) is 0.805. The predicted octanol–water partition coefficient (Wildman–Crippen LogP) is 4.92. The van der Waals surface area contributed by atoms with Gasteiger partial charge >= 0.3 is 0 Å². The first kappa shape index (κ1) is 22.4. The van der Waals surface area contributed by atoms with Gasteiger partial charge in [0.25, 0.3) is 5.91 Å². The number of nitrogens with zero attached hydrogens (tertiary/aromatic N) is 4. The third-order valence-electron chi connectivity index (χ3n) is 5.71. The van der Waals surface area contributed by atoms with E-state index in [-0.39, 0.29) is 5.91 Å². The predicted molar refractivity (Wildman–Crippen MR) is 138 cm³/mol. The number of aromatic amines is 1. The lowest BCUT2D eigenvalue weighted by atomic mass is 10.0. The number of amides is 1. The molecule has 0 atom stereocenters. The summed E-state index contributed by atoms with van der Waals surface area (Å²) >= 11 is 0. The standard InChI is InChI=1S/C28H26N6O/c1-34(2)18-21-11-23(16-29-15-21)22-8-9-26-25(13-22)27(33-32-26)28(35)31-24-12-20(14-30-17-24)10-19-6-4-3-5-7-19/h3-9,11-17H,10,18H2,1-2H3,(H,31,35)(H,32,33). The van der Waals surface area contributed by atoms with Crippen molar-refractivity contribution in [1.29, 1.82) is 0 Å². The smallest absolute Gasteiger partial charge is 0.276 e. The molecule has 5 rings (SSSR count). The number of benzene rings is 2. The van der Waals surface area contributed by atoms with E-state index < -0.39 is 0 Å². The van der Waals surface area contributed by atoms with Crippen molar-refractivity contribution >= 4 is 22.5 Å². The van der Waals surface area contributed by atoms with Crippen molar-refractivity contribution in [2.24, 2.45) is 0 Å². The number of hydrogen-bond donors (Lipinski definition) is 2. The maximum Gasteiger partial charge on any atom is 0.276 e. The first-order valence-corrected chi connectivity index (χ1v) is 11.4. The normalized spacial score (nSPS) is 11.2. The number of nitrogens with one attached hydrogen (secondary N) is 2. The van der Waals surface area contributed by atoms with Crippen LogP contribution in [0.15, 0.2) is 85.5 Å². The van der Waals surface area contributed by atoms with Crippen molar-refractivity contribution < 1.29 is 4.79 Å². The minimum atomic E-state index is -0.286. The molecule has 0 aliphatic heterocycles. The van der Waals surface area contributed by atoms with Gasteiger partial charge in [-0.2, -0.15) is 5.10 Å². The Labute approximate surface area is 203 Å². The third-order valence-corrected chi connectivity index (χ3v) is 5.71. The fourth-order valence-corrected chi connectivity index (χ4v) is 4.14. The molecule has 5 aromatic rings. The second kappa shape index (κ2) is 9.87. The number of carbonyl (C=O) groups excluding carboxylic acids is 1. The highest BCUT2D eigenvalue weighted by molar-refractivity contribution is 6.11. The number of hydrogen-bond acceptors (Lipinski definition) is 5. The summed E-state index contributed by atoms with van der Waals surface area (Å²) in [5, 5.41) is 11.0. The van der Waals surface area contributed by atoms with Crippen molar-refractivity contribution in [1.82, 2.24) is 25.1 Å². The molecule has 0 aliphatic carbocycles. The Hall–Kier alpha value is -4.36. The van der Waals surface area contributed by atoms with Crippen molar-refractivity contribution in [2.45, 2.75) is 13.0 Å². The molecule has 2 aromatic carbocycles. The topological polar surface area (TPSA) is 86.8 Å². The van der Waals surface area contributed by atoms with Gasteiger partial charge < -0.3 is 10.2 Å². The first-order chi connectivity index (χ1) is 17.0. The summed E-state index contributed by atoms with van der Waals surface area (Å²) in [5.41, 5.74) is 7.09. The molecule has 35 heavy (non-hydrogen) atoms. The Balaban J connectivity index is 1.39. The Morgan fingerprint density at radius 2 is 1.66 bits per heavy atom. The van der Waals surface area contributed by atoms with Crippen LogP contribution < -0.4 is 5.32 Å². The van der Waals surface area contributed by atoms with Gasteiger partial charge in [0, 0.05) is 36.1 Å². The van der Waals surface area contributed by atoms with Gasteiger partial charge in [-0.05, 0) is 67.0 Å². The van der Waals surface area contributed by atoms with E-state index in [4.69, 9.17) is 0 Å². The highest BCUT2D eigenvalue weighted by atomic mass is 16.1. The van der Waals surface area contributed by atoms with Gasteiger partial charge in [-0.25, -0.2) is 0 Å². The monoisotopic (exact) mass is 462 g/mol. The second-order valence-electron chi connectivity index (χ2n) is 8.85. The van der Waals surface area contributed by atoms with Crippen LogP contribution in [-0.2, 0) is 13.0 Å². The molecule has 7 nitrogen and oxygen atoms in total. The van der Waals surface area contributed by atoms with Crippen LogP contribution >= 0.6 is 0 Å². The van der Waals surface area contributed by atoms with Crippen LogP contribution in [0.4, 0.5) is 5.69 Å². The Morgan fingerprint density at radius 1 is 0.857 bits per heavy atom. The highest BCUT2D eigenvalue weighted by Crippen LogP contribution is 2.26. The molecule has 174 valence electrons. The molecule has 0 fully saturated rings. The minimum absolute atomic E-state index is 0.286. The number of H-pyrrole nitrogens is 1. The highest BCUT2D eigenvalue weighted by Gasteiger charge is 2.16. The number of fused-ring (bicyclic) bond motifs is 1. The Bertz CT molecular complexity index is 1480. The summed E-state index contributed by atoms with van der Waals surface area (Å²) in [6.07, 6.45) is 7.92. The molecule has 0 aliphatic rings. The molecule has 0 radical (unpaired) electrons. The quantitative estimate of drug-likeness (QED) is 0.358. The molecular formula is C28H26N6O. The zero-order valence-corrected chi connectivity index (χ0v) is 19.7. The van der Waals surface area contributed by atoms with Crippen LogP contribution in [0.25, 0.3) is 22.0 Å². The number of rotatable bonds is 7. The molecular weight excluding hydrogens is 436 g/mol. The van der Waals surface area contributed by atoms with Crippen LogP contribution in [0.1, 0.15) is 27.2 Å². The molecule has 1 amide bonds. The summed E-state index contributed by atoms with van der Waals surface area (Å²) in [7, 11) is 4.06. The average Bonchev–Trinajstić information content (AvgIpc) is 3.28. The lowest BCUT2D eigenvalue weighted by molar-refractivity contribution is 0.102. The van der Waals surface area contributed by atoms with E-state index in [2.05, 4.69) is 48.6 Å². The molecule has 0 saturated heterocycles. The van der Waals surface area contributed by atoms with E-state index in [9.17, 15) is 4.79 Å². The second-order valence-corrected chi connectivity index (χ2v) is 8.85. The van der Waals surface area contributed by atoms with Crippen molar-refractivity contribution in [3.05, 3.63) is 108 Å². The van der Waals surface area contributed by atoms with E-state index in [0.717, 1.165) is 46.1 Å². The van der Waals surface area contributed by atoms with E-state index in [0.29, 0.717) is 11.4 Å². The molecule has 3 heterocycles. The van der Waals surface area contributed by atoms with Crippen LogP contribution in [0.2, 0.25) is 0 Å². The van der Waals surface area contributed by atoms with Gasteiger partial charge in [-0.3, -0.25) is 19.9 Å². The van der Waals surface area contributed by atoms with Gasteiger partial charge in [0.05, 0.1) is 17.4 Å². The molecule has 0 unspecified atom stereocenters. The van der Waals surface area contributed by atoms with Crippen molar-refractivity contribution in [3.8, 4) is 11.1 Å². The lowest BCUT2D eigenvalue weighted by Gasteiger charge is -2.10. The summed E-state index contributed by atoms with van der Waals surface area (Å²) in [6, 6.07) is 20.2. The number of carbonyl (C=O) groups is 1. The molecule has 0 spiro atoms. The fourth-order valence-electron chi connectivity index (χ4n) is 4.14. The largest absolute Gasteiger partial charge is 0.319 e. The van der Waals surface area contributed by atoms with Crippen molar-refractivity contribution in [2.75, 3.05) is 19.4 Å². The Morgan fingerprint density at radius 3 is 2.49 bits per heavy atom. The minimum Gasteiger partial charge on any atom is -0.319 e. The molecule has 3 aromatic heterocycles. The molecule has 2 N–H and O–H groups in total. The molecule has 0 saturated carbocycles. The van der Waals surface area contributed by atoms with Gasteiger partial charge in [0.15, 0.2) is 5.69 Å². The van der Waals surface area contributed by atoms with E-state index >= 15 is 0 Å². The maximum absolute atomic E-state index is 13.1. The zero-order chi connectivity index (χ0) is 24.2. The van der Waals surface area contributed by atoms with Crippen LogP contribution in [0.3, 0.4) is 0 Å². The third kappa shape index (κ3) is 5.26. The maximum atomic E-state index is 13.1. The number of pyridine rings is 2. The van der Waals surface area contributed by atoms with Gasteiger partial charge in [0.2, 0.25) is 0 Å². The Kier molecular flexibility index (Phi) is 6.32. The average molecular weight is 463 g/mol. The number of aromatic nitrogens is 4. The number of anilines is 1. The van der Waals surface area contributed by atoms with Crippen LogP contribution in [0.5, 0.6) is 0 Å². The van der Waals surface area contributed by atoms with E-state index in [1.165, 1.54) is 5.56 Å². The van der Waals surface area contributed by atoms with Crippen LogP contribution in [-0.4, -0.2) is 45.1 Å². The van der Waals surface area contributed by atoms with E-state index in [1.54, 1.807) is 6.20 Å². The van der Waals surface area contributed by atoms with E-state index in [1.807, 2.05) is 75.2 Å². The zero-order valence-electron chi connectivity index (χ0n) is 19.7. The summed E-state index contributed by atoms with van der Waals surface area (Å²) < 4.78 is 0. The van der Waals surface area contributed by atoms with Crippen molar-refractivity contribution in [3.63, 3.8) is 0 Å². The summed E-state index contributed by atoms with van der Waals surface area (Å²) in [5.74, 6) is -0.286.